The molecule has 0 N–H and O–H groups in total. The summed E-state index contributed by atoms with van der Waals surface area (Å²) in [7, 11) is 0. The van der Waals surface area contributed by atoms with Crippen molar-refractivity contribution in [1.82, 2.24) is 24.6 Å². The van der Waals surface area contributed by atoms with Crippen LogP contribution in [0.4, 0.5) is 5.82 Å². The van der Waals surface area contributed by atoms with Crippen LogP contribution in [0.15, 0.2) is 42.9 Å². The molecule has 3 aromatic rings. The quantitative estimate of drug-likeness (QED) is 0.681. The van der Waals surface area contributed by atoms with E-state index in [0.29, 0.717) is 6.54 Å². The van der Waals surface area contributed by atoms with Crippen LogP contribution >= 0.6 is 0 Å². The highest BCUT2D eigenvalue weighted by Gasteiger charge is 2.21. The molecule has 0 spiro atoms. The van der Waals surface area contributed by atoms with Gasteiger partial charge < -0.3 is 4.90 Å². The highest BCUT2D eigenvalue weighted by atomic mass is 15.3. The van der Waals surface area contributed by atoms with Crippen LogP contribution in [-0.4, -0.2) is 57.4 Å². The Bertz CT molecular complexity index is 873. The van der Waals surface area contributed by atoms with Crippen molar-refractivity contribution in [2.45, 2.75) is 0 Å². The van der Waals surface area contributed by atoms with Crippen molar-refractivity contribution in [1.29, 1.82) is 5.26 Å². The molecule has 3 heterocycles. The first-order valence-corrected chi connectivity index (χ1v) is 7.95. The maximum absolute atomic E-state index is 8.82. The Balaban J connectivity index is 1.66. The van der Waals surface area contributed by atoms with Gasteiger partial charge in [0, 0.05) is 26.2 Å². The molecule has 2 aromatic heterocycles. The lowest BCUT2D eigenvalue weighted by Crippen LogP contribution is -2.46. The SMILES string of the molecule is N#CCN1CCN(c2ncnc3c2cnn3-c2ccccc2)CC1. The van der Waals surface area contributed by atoms with Gasteiger partial charge in [0.25, 0.3) is 0 Å². The molecular formula is C17H17N7. The zero-order valence-electron chi connectivity index (χ0n) is 13.2. The van der Waals surface area contributed by atoms with Gasteiger partial charge in [-0.25, -0.2) is 14.6 Å². The lowest BCUT2D eigenvalue weighted by molar-refractivity contribution is 0.286. The van der Waals surface area contributed by atoms with Crippen molar-refractivity contribution in [2.75, 3.05) is 37.6 Å². The fourth-order valence-corrected chi connectivity index (χ4v) is 3.06. The van der Waals surface area contributed by atoms with E-state index < -0.39 is 0 Å². The molecule has 24 heavy (non-hydrogen) atoms. The van der Waals surface area contributed by atoms with Gasteiger partial charge in [0.2, 0.25) is 0 Å². The van der Waals surface area contributed by atoms with Crippen molar-refractivity contribution < 1.29 is 0 Å². The molecule has 1 fully saturated rings. The first-order chi connectivity index (χ1) is 11.9. The maximum atomic E-state index is 8.82. The smallest absolute Gasteiger partial charge is 0.168 e. The second kappa shape index (κ2) is 6.26. The maximum Gasteiger partial charge on any atom is 0.168 e. The number of aromatic nitrogens is 4. The highest BCUT2D eigenvalue weighted by molar-refractivity contribution is 5.87. The molecule has 7 heteroatoms. The molecule has 0 saturated carbocycles. The number of rotatable bonds is 3. The number of piperazine rings is 1. The standard InChI is InChI=1S/C17H17N7/c18-6-7-22-8-10-23(11-9-22)16-15-12-21-24(17(15)20-13-19-16)14-4-2-1-3-5-14/h1-5,12-13H,7-11H2. The summed E-state index contributed by atoms with van der Waals surface area (Å²) >= 11 is 0. The molecule has 0 bridgehead atoms. The molecular weight excluding hydrogens is 302 g/mol. The van der Waals surface area contributed by atoms with Crippen LogP contribution in [-0.2, 0) is 0 Å². The summed E-state index contributed by atoms with van der Waals surface area (Å²) in [4.78, 5) is 13.3. The largest absolute Gasteiger partial charge is 0.353 e. The van der Waals surface area contributed by atoms with Gasteiger partial charge in [-0.05, 0) is 12.1 Å². The van der Waals surface area contributed by atoms with Gasteiger partial charge in [0.15, 0.2) is 5.65 Å². The van der Waals surface area contributed by atoms with Crippen LogP contribution in [0.5, 0.6) is 0 Å². The van der Waals surface area contributed by atoms with Crippen LogP contribution in [0.3, 0.4) is 0 Å². The number of nitrogens with zero attached hydrogens (tertiary/aromatic N) is 7. The lowest BCUT2D eigenvalue weighted by Gasteiger charge is -2.34. The Morgan fingerprint density at radius 1 is 1.04 bits per heavy atom. The van der Waals surface area contributed by atoms with Crippen LogP contribution in [0.1, 0.15) is 0 Å². The zero-order chi connectivity index (χ0) is 16.4. The Labute approximate surface area is 139 Å². The molecule has 1 aliphatic heterocycles. The van der Waals surface area contributed by atoms with E-state index >= 15 is 0 Å². The van der Waals surface area contributed by atoms with Crippen molar-refractivity contribution in [3.05, 3.63) is 42.9 Å². The van der Waals surface area contributed by atoms with Gasteiger partial charge in [0.1, 0.15) is 12.1 Å². The van der Waals surface area contributed by atoms with E-state index in [1.54, 1.807) is 6.33 Å². The number of para-hydroxylation sites is 1. The summed E-state index contributed by atoms with van der Waals surface area (Å²) in [6, 6.07) is 12.2. The van der Waals surface area contributed by atoms with E-state index in [1.165, 1.54) is 0 Å². The van der Waals surface area contributed by atoms with E-state index in [0.717, 1.165) is 48.7 Å². The number of benzene rings is 1. The Morgan fingerprint density at radius 2 is 1.83 bits per heavy atom. The second-order valence-electron chi connectivity index (χ2n) is 5.75. The van der Waals surface area contributed by atoms with Gasteiger partial charge in [-0.15, -0.1) is 0 Å². The number of fused-ring (bicyclic) bond motifs is 1. The summed E-state index contributed by atoms with van der Waals surface area (Å²) in [5.74, 6) is 0.916. The van der Waals surface area contributed by atoms with E-state index in [4.69, 9.17) is 5.26 Å². The van der Waals surface area contributed by atoms with Crippen molar-refractivity contribution in [3.63, 3.8) is 0 Å². The predicted octanol–water partition coefficient (Wildman–Crippen LogP) is 1.46. The fourth-order valence-electron chi connectivity index (χ4n) is 3.06. The molecule has 1 aliphatic rings. The van der Waals surface area contributed by atoms with Crippen molar-refractivity contribution in [2.24, 2.45) is 0 Å². The Hall–Kier alpha value is -2.98. The van der Waals surface area contributed by atoms with E-state index in [1.807, 2.05) is 41.2 Å². The summed E-state index contributed by atoms with van der Waals surface area (Å²) in [5.41, 5.74) is 1.79. The third kappa shape index (κ3) is 2.57. The number of hydrogen-bond acceptors (Lipinski definition) is 6. The normalized spacial score (nSPS) is 15.5. The molecule has 1 saturated heterocycles. The van der Waals surface area contributed by atoms with Gasteiger partial charge in [-0.2, -0.15) is 10.4 Å². The van der Waals surface area contributed by atoms with E-state index in [2.05, 4.69) is 30.9 Å². The first kappa shape index (κ1) is 14.6. The molecule has 7 nitrogen and oxygen atoms in total. The molecule has 0 radical (unpaired) electrons. The molecule has 1 aromatic carbocycles. The van der Waals surface area contributed by atoms with Crippen LogP contribution < -0.4 is 4.90 Å². The van der Waals surface area contributed by atoms with Gasteiger partial charge in [-0.3, -0.25) is 4.90 Å². The van der Waals surface area contributed by atoms with Crippen LogP contribution in [0.2, 0.25) is 0 Å². The van der Waals surface area contributed by atoms with Crippen LogP contribution in [0.25, 0.3) is 16.7 Å². The average molecular weight is 319 g/mol. The molecule has 0 amide bonds. The predicted molar refractivity (Wildman–Crippen MR) is 90.9 cm³/mol. The minimum Gasteiger partial charge on any atom is -0.353 e. The average Bonchev–Trinajstić information content (AvgIpc) is 3.08. The summed E-state index contributed by atoms with van der Waals surface area (Å²) < 4.78 is 1.84. The summed E-state index contributed by atoms with van der Waals surface area (Å²) in [6.07, 6.45) is 3.43. The monoisotopic (exact) mass is 319 g/mol. The minimum atomic E-state index is 0.485. The fraction of sp³-hybridized carbons (Fsp3) is 0.294. The van der Waals surface area contributed by atoms with E-state index in [-0.39, 0.29) is 0 Å². The molecule has 0 unspecified atom stereocenters. The molecule has 0 atom stereocenters. The minimum absolute atomic E-state index is 0.485. The van der Waals surface area contributed by atoms with Crippen molar-refractivity contribution >= 4 is 16.9 Å². The number of anilines is 1. The topological polar surface area (TPSA) is 73.9 Å². The molecule has 4 rings (SSSR count). The third-order valence-corrected chi connectivity index (χ3v) is 4.31. The van der Waals surface area contributed by atoms with Gasteiger partial charge >= 0.3 is 0 Å². The zero-order valence-corrected chi connectivity index (χ0v) is 13.2. The van der Waals surface area contributed by atoms with Crippen LogP contribution in [0, 0.1) is 11.3 Å². The first-order valence-electron chi connectivity index (χ1n) is 7.95. The molecule has 0 aliphatic carbocycles. The summed E-state index contributed by atoms with van der Waals surface area (Å²) in [6.45, 7) is 3.92. The lowest BCUT2D eigenvalue weighted by atomic mass is 10.2. The Kier molecular flexibility index (Phi) is 3.81. The van der Waals surface area contributed by atoms with Gasteiger partial charge in [0.05, 0.1) is 29.9 Å². The van der Waals surface area contributed by atoms with Gasteiger partial charge in [-0.1, -0.05) is 18.2 Å². The second-order valence-corrected chi connectivity index (χ2v) is 5.75. The highest BCUT2D eigenvalue weighted by Crippen LogP contribution is 2.25. The third-order valence-electron chi connectivity index (χ3n) is 4.31. The Morgan fingerprint density at radius 3 is 2.58 bits per heavy atom. The molecule has 120 valence electrons. The van der Waals surface area contributed by atoms with Crippen molar-refractivity contribution in [3.8, 4) is 11.8 Å². The number of nitriles is 1. The summed E-state index contributed by atoms with van der Waals surface area (Å²) in [5, 5.41) is 14.3. The van der Waals surface area contributed by atoms with E-state index in [9.17, 15) is 0 Å². The number of hydrogen-bond donors (Lipinski definition) is 0.